The summed E-state index contributed by atoms with van der Waals surface area (Å²) in [7, 11) is 0. The lowest BCUT2D eigenvalue weighted by molar-refractivity contribution is 1.07. The first-order valence-electron chi connectivity index (χ1n) is 5.06. The van der Waals surface area contributed by atoms with Crippen LogP contribution >= 0.6 is 0 Å². The molecular weight excluding hydrogens is 155 g/mol. The Morgan fingerprint density at radius 3 is 2.54 bits per heavy atom. The molecule has 0 saturated carbocycles. The lowest BCUT2D eigenvalue weighted by Crippen LogP contribution is -2.00. The maximum Gasteiger partial charge on any atom is 0.163 e. The Kier molecular flexibility index (Phi) is 4.38. The van der Waals surface area contributed by atoms with Gasteiger partial charge in [0.25, 0.3) is 0 Å². The summed E-state index contributed by atoms with van der Waals surface area (Å²) in [6.45, 7) is 5.20. The molecule has 0 bridgehead atoms. The fourth-order valence-electron chi connectivity index (χ4n) is 1.39. The van der Waals surface area contributed by atoms with Crippen molar-refractivity contribution in [1.29, 1.82) is 0 Å². The first-order valence-corrected chi connectivity index (χ1v) is 5.06. The van der Waals surface area contributed by atoms with Crippen molar-refractivity contribution in [2.75, 3.05) is 0 Å². The van der Waals surface area contributed by atoms with Crippen LogP contribution in [0.5, 0.6) is 0 Å². The van der Waals surface area contributed by atoms with Gasteiger partial charge in [-0.2, -0.15) is 0 Å². The van der Waals surface area contributed by atoms with Crippen molar-refractivity contribution >= 4 is 12.8 Å². The van der Waals surface area contributed by atoms with Crippen LogP contribution in [0.1, 0.15) is 18.9 Å². The smallest absolute Gasteiger partial charge is 0.115 e. The van der Waals surface area contributed by atoms with Crippen LogP contribution in [0.3, 0.4) is 0 Å². The lowest BCUT2D eigenvalue weighted by Gasteiger charge is -1.98. The maximum atomic E-state index is 2.29. The number of rotatable bonds is 4. The third-order valence-corrected chi connectivity index (χ3v) is 2.16. The molecule has 0 unspecified atom stereocenters. The summed E-state index contributed by atoms with van der Waals surface area (Å²) in [6.07, 6.45) is 4.75. The number of hydrogen-bond donors (Lipinski definition) is 0. The van der Waals surface area contributed by atoms with Gasteiger partial charge in [0.1, 0.15) is 0 Å². The van der Waals surface area contributed by atoms with Crippen LogP contribution in [-0.4, -0.2) is 6.71 Å². The van der Waals surface area contributed by atoms with E-state index in [1.165, 1.54) is 18.3 Å². The highest BCUT2D eigenvalue weighted by Gasteiger charge is 1.98. The quantitative estimate of drug-likeness (QED) is 0.606. The Morgan fingerprint density at radius 1 is 1.23 bits per heavy atom. The Balaban J connectivity index is 2.49. The van der Waals surface area contributed by atoms with Crippen molar-refractivity contribution in [3.05, 3.63) is 41.9 Å². The summed E-state index contributed by atoms with van der Waals surface area (Å²) in [5, 5.41) is 0. The molecule has 1 aromatic rings. The summed E-state index contributed by atoms with van der Waals surface area (Å²) in [4.78, 5) is 0. The van der Waals surface area contributed by atoms with Crippen LogP contribution in [-0.2, 0) is 0 Å². The van der Waals surface area contributed by atoms with E-state index in [1.54, 1.807) is 0 Å². The van der Waals surface area contributed by atoms with Gasteiger partial charge in [-0.3, -0.25) is 0 Å². The molecule has 0 fully saturated rings. The molecule has 1 rings (SSSR count). The number of hydrogen-bond acceptors (Lipinski definition) is 0. The second-order valence-electron chi connectivity index (χ2n) is 3.54. The Morgan fingerprint density at radius 2 is 1.92 bits per heavy atom. The molecule has 0 nitrogen and oxygen atoms in total. The number of benzene rings is 1. The van der Waals surface area contributed by atoms with E-state index in [-0.39, 0.29) is 0 Å². The topological polar surface area (TPSA) is 0 Å². The van der Waals surface area contributed by atoms with Crippen LogP contribution in [0.15, 0.2) is 36.3 Å². The van der Waals surface area contributed by atoms with Gasteiger partial charge in [0.15, 0.2) is 6.71 Å². The third kappa shape index (κ3) is 3.98. The highest BCUT2D eigenvalue weighted by atomic mass is 13.8. The van der Waals surface area contributed by atoms with E-state index in [0.717, 1.165) is 0 Å². The monoisotopic (exact) mass is 172 g/mol. The molecule has 0 aliphatic heterocycles. The van der Waals surface area contributed by atoms with E-state index >= 15 is 0 Å². The van der Waals surface area contributed by atoms with E-state index in [9.17, 15) is 0 Å². The molecule has 0 saturated heterocycles. The van der Waals surface area contributed by atoms with Crippen LogP contribution in [0.4, 0.5) is 0 Å². The van der Waals surface area contributed by atoms with E-state index in [1.807, 2.05) is 6.07 Å². The summed E-state index contributed by atoms with van der Waals surface area (Å²) in [5.41, 5.74) is 1.30. The van der Waals surface area contributed by atoms with Crippen molar-refractivity contribution in [1.82, 2.24) is 0 Å². The molecule has 0 radical (unpaired) electrons. The third-order valence-electron chi connectivity index (χ3n) is 2.16. The van der Waals surface area contributed by atoms with Gasteiger partial charge in [-0.25, -0.2) is 0 Å². The van der Waals surface area contributed by atoms with E-state index in [4.69, 9.17) is 0 Å². The largest absolute Gasteiger partial charge is 0.163 e. The van der Waals surface area contributed by atoms with Gasteiger partial charge in [-0.05, 0) is 5.56 Å². The van der Waals surface area contributed by atoms with Gasteiger partial charge in [-0.1, -0.05) is 62.9 Å². The van der Waals surface area contributed by atoms with E-state index in [2.05, 4.69) is 50.1 Å². The highest BCUT2D eigenvalue weighted by molar-refractivity contribution is 6.63. The molecule has 0 atom stereocenters. The zero-order valence-electron chi connectivity index (χ0n) is 8.53. The molecule has 1 heteroatoms. The molecule has 0 aliphatic carbocycles. The second kappa shape index (κ2) is 5.63. The van der Waals surface area contributed by atoms with Crippen LogP contribution in [0.2, 0.25) is 13.1 Å². The van der Waals surface area contributed by atoms with Gasteiger partial charge in [0.05, 0.1) is 0 Å². The van der Waals surface area contributed by atoms with Crippen LogP contribution in [0.25, 0.3) is 6.08 Å². The Hall–Kier alpha value is -0.975. The SMILES string of the molecule is CCCB(C)/C=C/c1ccccc1. The summed E-state index contributed by atoms with van der Waals surface area (Å²) in [6, 6.07) is 10.5. The fraction of sp³-hybridized carbons (Fsp3) is 0.333. The summed E-state index contributed by atoms with van der Waals surface area (Å²) < 4.78 is 0. The first kappa shape index (κ1) is 10.1. The standard InChI is InChI=1S/C12H17B/c1-3-10-13(2)11-9-12-7-5-4-6-8-12/h4-9,11H,3,10H2,1-2H3/b11-9+. The molecule has 68 valence electrons. The van der Waals surface area contributed by atoms with Gasteiger partial charge in [-0.15, -0.1) is 5.98 Å². The molecule has 0 amide bonds. The second-order valence-corrected chi connectivity index (χ2v) is 3.54. The van der Waals surface area contributed by atoms with Gasteiger partial charge >= 0.3 is 0 Å². The van der Waals surface area contributed by atoms with Crippen molar-refractivity contribution in [3.8, 4) is 0 Å². The van der Waals surface area contributed by atoms with Crippen molar-refractivity contribution in [2.45, 2.75) is 26.5 Å². The molecule has 0 heterocycles. The van der Waals surface area contributed by atoms with Crippen molar-refractivity contribution < 1.29 is 0 Å². The van der Waals surface area contributed by atoms with Crippen molar-refractivity contribution in [3.63, 3.8) is 0 Å². The van der Waals surface area contributed by atoms with Crippen molar-refractivity contribution in [2.24, 2.45) is 0 Å². The maximum absolute atomic E-state index is 2.29. The highest BCUT2D eigenvalue weighted by Crippen LogP contribution is 2.04. The zero-order valence-corrected chi connectivity index (χ0v) is 8.53. The molecule has 0 spiro atoms. The molecular formula is C12H17B. The minimum Gasteiger partial charge on any atom is -0.115 e. The van der Waals surface area contributed by atoms with Crippen LogP contribution < -0.4 is 0 Å². The summed E-state index contributed by atoms with van der Waals surface area (Å²) in [5.74, 6) is 2.29. The van der Waals surface area contributed by atoms with Gasteiger partial charge in [0.2, 0.25) is 0 Å². The molecule has 1 aromatic carbocycles. The minimum atomic E-state index is 0.699. The van der Waals surface area contributed by atoms with Gasteiger partial charge in [0, 0.05) is 0 Å². The van der Waals surface area contributed by atoms with Crippen LogP contribution in [0, 0.1) is 0 Å². The molecule has 0 aliphatic rings. The zero-order chi connectivity index (χ0) is 9.52. The lowest BCUT2D eigenvalue weighted by atomic mass is 9.49. The molecule has 13 heavy (non-hydrogen) atoms. The first-order chi connectivity index (χ1) is 6.33. The normalized spacial score (nSPS) is 10.6. The van der Waals surface area contributed by atoms with E-state index < -0.39 is 0 Å². The Bertz CT molecular complexity index is 251. The summed E-state index contributed by atoms with van der Waals surface area (Å²) >= 11 is 0. The average Bonchev–Trinajstić information content (AvgIpc) is 2.17. The fourth-order valence-corrected chi connectivity index (χ4v) is 1.39. The van der Waals surface area contributed by atoms with Gasteiger partial charge < -0.3 is 0 Å². The predicted molar refractivity (Wildman–Crippen MR) is 62.2 cm³/mol. The minimum absolute atomic E-state index is 0.699. The molecule has 0 aromatic heterocycles. The Labute approximate surface area is 81.8 Å². The van der Waals surface area contributed by atoms with E-state index in [0.29, 0.717) is 6.71 Å². The predicted octanol–water partition coefficient (Wildman–Crippen LogP) is 3.77. The molecule has 0 N–H and O–H groups in total. The average molecular weight is 172 g/mol.